The monoisotopic (exact) mass is 330 g/mol. The largest absolute Gasteiger partial charge is 0.389 e. The lowest BCUT2D eigenvalue weighted by Gasteiger charge is -2.12. The number of benzene rings is 1. The van der Waals surface area contributed by atoms with Gasteiger partial charge in [-0.2, -0.15) is 13.2 Å². The van der Waals surface area contributed by atoms with Gasteiger partial charge in [-0.1, -0.05) is 27.5 Å². The third-order valence-corrected chi connectivity index (χ3v) is 2.88. The van der Waals surface area contributed by atoms with Gasteiger partial charge in [-0.15, -0.1) is 0 Å². The van der Waals surface area contributed by atoms with Gasteiger partial charge in [0.2, 0.25) is 0 Å². The van der Waals surface area contributed by atoms with Crippen LogP contribution >= 0.6 is 27.5 Å². The number of hydrogen-bond donors (Lipinski definition) is 1. The van der Waals surface area contributed by atoms with E-state index in [1.807, 2.05) is 0 Å². The molecule has 0 aromatic heterocycles. The highest BCUT2D eigenvalue weighted by Crippen LogP contribution is 2.29. The Kier molecular flexibility index (Phi) is 5.28. The normalized spacial score (nSPS) is 13.8. The molecule has 0 fully saturated rings. The highest BCUT2D eigenvalue weighted by Gasteiger charge is 2.26. The molecule has 1 aromatic carbocycles. The molecule has 1 rings (SSSR count). The first kappa shape index (κ1) is 14.8. The van der Waals surface area contributed by atoms with Gasteiger partial charge in [0.15, 0.2) is 0 Å². The molecule has 0 saturated heterocycles. The van der Waals surface area contributed by atoms with Gasteiger partial charge in [-0.25, -0.2) is 0 Å². The minimum atomic E-state index is -4.17. The van der Waals surface area contributed by atoms with Gasteiger partial charge in [0.25, 0.3) is 0 Å². The minimum Gasteiger partial charge on any atom is -0.388 e. The average molecular weight is 332 g/mol. The molecule has 1 atom stereocenters. The van der Waals surface area contributed by atoms with E-state index in [2.05, 4.69) is 15.9 Å². The fourth-order valence-corrected chi connectivity index (χ4v) is 2.32. The molecule has 0 heterocycles. The Morgan fingerprint density at radius 1 is 1.29 bits per heavy atom. The molecule has 1 N–H and O–H groups in total. The topological polar surface area (TPSA) is 20.2 Å². The second-order valence-corrected chi connectivity index (χ2v) is 5.08. The molecule has 1 nitrogen and oxygen atoms in total. The summed E-state index contributed by atoms with van der Waals surface area (Å²) in [5.41, 5.74) is 0.520. The van der Waals surface area contributed by atoms with Crippen molar-refractivity contribution in [2.75, 3.05) is 0 Å². The highest BCUT2D eigenvalue weighted by molar-refractivity contribution is 9.10. The van der Waals surface area contributed by atoms with Crippen LogP contribution in [-0.2, 0) is 0 Å². The molecular formula is C11H11BrClF3O. The van der Waals surface area contributed by atoms with Crippen molar-refractivity contribution < 1.29 is 18.3 Å². The van der Waals surface area contributed by atoms with Crippen LogP contribution in [0.15, 0.2) is 22.7 Å². The van der Waals surface area contributed by atoms with Gasteiger partial charge in [0, 0.05) is 15.9 Å². The van der Waals surface area contributed by atoms with E-state index in [4.69, 9.17) is 11.6 Å². The Bertz CT molecular complexity index is 361. The molecule has 0 amide bonds. The number of aliphatic hydroxyl groups is 1. The fraction of sp³-hybridized carbons (Fsp3) is 0.455. The van der Waals surface area contributed by atoms with E-state index in [1.165, 1.54) is 0 Å². The van der Waals surface area contributed by atoms with E-state index >= 15 is 0 Å². The molecule has 1 unspecified atom stereocenters. The summed E-state index contributed by atoms with van der Waals surface area (Å²) in [6.45, 7) is 0. The van der Waals surface area contributed by atoms with Crippen LogP contribution in [0.1, 0.15) is 30.9 Å². The number of halogens is 5. The van der Waals surface area contributed by atoms with E-state index in [9.17, 15) is 18.3 Å². The summed E-state index contributed by atoms with van der Waals surface area (Å²) in [6, 6.07) is 4.84. The molecule has 0 aliphatic carbocycles. The smallest absolute Gasteiger partial charge is 0.388 e. The molecule has 0 spiro atoms. The fourth-order valence-electron chi connectivity index (χ4n) is 1.43. The van der Waals surface area contributed by atoms with Crippen molar-refractivity contribution in [3.8, 4) is 0 Å². The maximum atomic E-state index is 11.9. The predicted molar refractivity (Wildman–Crippen MR) is 64.0 cm³/mol. The van der Waals surface area contributed by atoms with E-state index in [-0.39, 0.29) is 12.8 Å². The summed E-state index contributed by atoms with van der Waals surface area (Å²) < 4.78 is 36.5. The predicted octanol–water partition coefficient (Wildman–Crippen LogP) is 4.87. The molecule has 0 aliphatic rings. The Morgan fingerprint density at radius 2 is 1.94 bits per heavy atom. The Morgan fingerprint density at radius 3 is 2.47 bits per heavy atom. The lowest BCUT2D eigenvalue weighted by Crippen LogP contribution is -2.08. The van der Waals surface area contributed by atoms with Crippen molar-refractivity contribution in [3.63, 3.8) is 0 Å². The quantitative estimate of drug-likeness (QED) is 0.834. The Hall–Kier alpha value is -0.260. The van der Waals surface area contributed by atoms with Crippen LogP contribution in [0.25, 0.3) is 0 Å². The average Bonchev–Trinajstić information content (AvgIpc) is 2.13. The van der Waals surface area contributed by atoms with Crippen molar-refractivity contribution in [2.24, 2.45) is 0 Å². The van der Waals surface area contributed by atoms with Gasteiger partial charge >= 0.3 is 6.18 Å². The highest BCUT2D eigenvalue weighted by atomic mass is 79.9. The number of aliphatic hydroxyl groups excluding tert-OH is 1. The molecule has 17 heavy (non-hydrogen) atoms. The Balaban J connectivity index is 2.55. The van der Waals surface area contributed by atoms with Gasteiger partial charge in [-0.3, -0.25) is 0 Å². The number of hydrogen-bond acceptors (Lipinski definition) is 1. The third-order valence-electron chi connectivity index (χ3n) is 2.21. The van der Waals surface area contributed by atoms with Crippen LogP contribution < -0.4 is 0 Å². The third kappa shape index (κ3) is 5.75. The van der Waals surface area contributed by atoms with Crippen molar-refractivity contribution in [1.29, 1.82) is 0 Å². The lowest BCUT2D eigenvalue weighted by atomic mass is 10.0. The standard InChI is InChI=1S/C11H11BrClF3O/c12-8-4-7(5-9(13)6-8)10(17)2-1-3-11(14,15)16/h4-6,10,17H,1-3H2. The summed E-state index contributed by atoms with van der Waals surface area (Å²) in [4.78, 5) is 0. The molecule has 0 radical (unpaired) electrons. The van der Waals surface area contributed by atoms with Crippen LogP contribution in [0.4, 0.5) is 13.2 Å². The van der Waals surface area contributed by atoms with Gasteiger partial charge in [0.1, 0.15) is 0 Å². The van der Waals surface area contributed by atoms with Crippen molar-refractivity contribution in [3.05, 3.63) is 33.3 Å². The Labute approximate surface area is 111 Å². The first-order chi connectivity index (χ1) is 7.78. The first-order valence-corrected chi connectivity index (χ1v) is 6.16. The zero-order chi connectivity index (χ0) is 13.1. The van der Waals surface area contributed by atoms with Crippen LogP contribution in [0, 0.1) is 0 Å². The maximum Gasteiger partial charge on any atom is 0.389 e. The molecule has 0 saturated carbocycles. The van der Waals surface area contributed by atoms with Crippen molar-refractivity contribution in [1.82, 2.24) is 0 Å². The van der Waals surface area contributed by atoms with E-state index in [1.54, 1.807) is 18.2 Å². The molecule has 6 heteroatoms. The van der Waals surface area contributed by atoms with E-state index in [0.29, 0.717) is 15.1 Å². The van der Waals surface area contributed by atoms with Crippen LogP contribution in [-0.4, -0.2) is 11.3 Å². The maximum absolute atomic E-state index is 11.9. The summed E-state index contributed by atoms with van der Waals surface area (Å²) in [6.07, 6.45) is -6.02. The van der Waals surface area contributed by atoms with E-state index in [0.717, 1.165) is 0 Å². The lowest BCUT2D eigenvalue weighted by molar-refractivity contribution is -0.136. The summed E-state index contributed by atoms with van der Waals surface area (Å²) in [5, 5.41) is 10.2. The van der Waals surface area contributed by atoms with Crippen molar-refractivity contribution >= 4 is 27.5 Å². The number of rotatable bonds is 4. The summed E-state index contributed by atoms with van der Waals surface area (Å²) in [7, 11) is 0. The first-order valence-electron chi connectivity index (χ1n) is 4.99. The molecular weight excluding hydrogens is 320 g/mol. The van der Waals surface area contributed by atoms with Crippen LogP contribution in [0.5, 0.6) is 0 Å². The van der Waals surface area contributed by atoms with Gasteiger partial charge in [-0.05, 0) is 36.6 Å². The van der Waals surface area contributed by atoms with Crippen LogP contribution in [0.3, 0.4) is 0 Å². The second-order valence-electron chi connectivity index (χ2n) is 3.73. The SMILES string of the molecule is OC(CCCC(F)(F)F)c1cc(Cl)cc(Br)c1. The minimum absolute atomic E-state index is 0.0618. The summed E-state index contributed by atoms with van der Waals surface area (Å²) in [5.74, 6) is 0. The molecule has 1 aromatic rings. The molecule has 0 aliphatic heterocycles. The zero-order valence-corrected chi connectivity index (χ0v) is 11.1. The van der Waals surface area contributed by atoms with Gasteiger partial charge in [0.05, 0.1) is 6.10 Å². The second kappa shape index (κ2) is 6.07. The zero-order valence-electron chi connectivity index (χ0n) is 8.77. The molecule has 96 valence electrons. The summed E-state index contributed by atoms with van der Waals surface area (Å²) >= 11 is 8.99. The van der Waals surface area contributed by atoms with Gasteiger partial charge < -0.3 is 5.11 Å². The van der Waals surface area contributed by atoms with E-state index < -0.39 is 18.7 Å². The van der Waals surface area contributed by atoms with Crippen molar-refractivity contribution in [2.45, 2.75) is 31.5 Å². The molecule has 0 bridgehead atoms. The van der Waals surface area contributed by atoms with Crippen LogP contribution in [0.2, 0.25) is 5.02 Å². The number of alkyl halides is 3.